The number of rotatable bonds is 3. The Morgan fingerprint density at radius 1 is 1.27 bits per heavy atom. The molecule has 3 rings (SSSR count). The first-order valence-corrected chi connectivity index (χ1v) is 8.02. The zero-order valence-corrected chi connectivity index (χ0v) is 13.3. The molecular weight excluding hydrogens is 300 g/mol. The first kappa shape index (κ1) is 14.6. The first-order chi connectivity index (χ1) is 10.5. The topological polar surface area (TPSA) is 91.6 Å². The van der Waals surface area contributed by atoms with E-state index in [-0.39, 0.29) is 11.6 Å². The molecule has 0 spiro atoms. The van der Waals surface area contributed by atoms with E-state index in [9.17, 15) is 4.79 Å². The van der Waals surface area contributed by atoms with Gasteiger partial charge in [-0.05, 0) is 32.2 Å². The van der Waals surface area contributed by atoms with Crippen molar-refractivity contribution < 1.29 is 0 Å². The van der Waals surface area contributed by atoms with Gasteiger partial charge in [0, 0.05) is 12.2 Å². The molecule has 0 unspecified atom stereocenters. The number of nitrogen functional groups attached to an aromatic ring is 1. The van der Waals surface area contributed by atoms with Crippen LogP contribution in [-0.4, -0.2) is 30.6 Å². The number of hydrogen-bond acceptors (Lipinski definition) is 6. The lowest BCUT2D eigenvalue weighted by Gasteiger charge is -2.14. The van der Waals surface area contributed by atoms with Gasteiger partial charge in [0.05, 0.1) is 0 Å². The van der Waals surface area contributed by atoms with Crippen LogP contribution in [0.5, 0.6) is 0 Å². The minimum atomic E-state index is -0.137. The van der Waals surface area contributed by atoms with E-state index in [0.717, 1.165) is 0 Å². The van der Waals surface area contributed by atoms with Crippen LogP contribution in [0.25, 0.3) is 16.9 Å². The molecule has 0 saturated heterocycles. The van der Waals surface area contributed by atoms with E-state index in [4.69, 9.17) is 5.73 Å². The van der Waals surface area contributed by atoms with E-state index in [0.29, 0.717) is 27.8 Å². The quantitative estimate of drug-likeness (QED) is 0.586. The molecule has 0 fully saturated rings. The lowest BCUT2D eigenvalue weighted by Crippen LogP contribution is -2.24. The predicted molar refractivity (Wildman–Crippen MR) is 87.5 cm³/mol. The third-order valence-electron chi connectivity index (χ3n) is 3.25. The van der Waals surface area contributed by atoms with E-state index in [1.54, 1.807) is 33.8 Å². The van der Waals surface area contributed by atoms with Crippen LogP contribution in [0.15, 0.2) is 34.3 Å². The Bertz CT molecular complexity index is 898. The Labute approximate surface area is 131 Å². The van der Waals surface area contributed by atoms with Crippen LogP contribution in [0, 0.1) is 0 Å². The highest BCUT2D eigenvalue weighted by Gasteiger charge is 2.19. The maximum atomic E-state index is 12.6. The maximum Gasteiger partial charge on any atom is 0.278 e. The van der Waals surface area contributed by atoms with Crippen molar-refractivity contribution in [3.63, 3.8) is 0 Å². The summed E-state index contributed by atoms with van der Waals surface area (Å²) in [5.74, 6) is 0.952. The van der Waals surface area contributed by atoms with Gasteiger partial charge >= 0.3 is 0 Å². The molecule has 0 aliphatic carbocycles. The fourth-order valence-corrected chi connectivity index (χ4v) is 2.66. The third-order valence-corrected chi connectivity index (χ3v) is 3.81. The highest BCUT2D eigenvalue weighted by atomic mass is 32.2. The molecule has 3 aromatic rings. The Kier molecular flexibility index (Phi) is 3.61. The second-order valence-corrected chi connectivity index (χ2v) is 5.84. The average molecular weight is 316 g/mol. The summed E-state index contributed by atoms with van der Waals surface area (Å²) < 4.78 is 3.32. The molecule has 0 amide bonds. The molecule has 3 heterocycles. The van der Waals surface area contributed by atoms with Gasteiger partial charge in [0.1, 0.15) is 11.2 Å². The van der Waals surface area contributed by atoms with Gasteiger partial charge in [-0.3, -0.25) is 4.79 Å². The zero-order valence-electron chi connectivity index (χ0n) is 12.5. The molecular formula is C14H16N6OS. The van der Waals surface area contributed by atoms with Gasteiger partial charge in [-0.25, -0.2) is 24.3 Å². The first-order valence-electron chi connectivity index (χ1n) is 6.80. The van der Waals surface area contributed by atoms with E-state index >= 15 is 0 Å². The van der Waals surface area contributed by atoms with Gasteiger partial charge in [0.15, 0.2) is 16.6 Å². The lowest BCUT2D eigenvalue weighted by atomic mass is 10.4. The average Bonchev–Trinajstić information content (AvgIpc) is 2.79. The van der Waals surface area contributed by atoms with Crippen molar-refractivity contribution >= 4 is 28.6 Å². The van der Waals surface area contributed by atoms with Crippen molar-refractivity contribution in [2.75, 3.05) is 12.0 Å². The standard InChI is InChI=1S/C14H16N6OS/c1-8(2)19-13(21)9-7-16-14(22-3)18-12(9)20(19)11-6-4-5-10(15)17-11/h4-8H,1-3H3,(H2,15,17). The van der Waals surface area contributed by atoms with Crippen molar-refractivity contribution in [3.8, 4) is 5.82 Å². The summed E-state index contributed by atoms with van der Waals surface area (Å²) in [6.45, 7) is 3.87. The second-order valence-electron chi connectivity index (χ2n) is 5.07. The van der Waals surface area contributed by atoms with Crippen molar-refractivity contribution in [2.45, 2.75) is 25.0 Å². The SMILES string of the molecule is CSc1ncc2c(=O)n(C(C)C)n(-c3cccc(N)n3)c2n1. The van der Waals surface area contributed by atoms with Gasteiger partial charge in [0.25, 0.3) is 5.56 Å². The summed E-state index contributed by atoms with van der Waals surface area (Å²) in [6.07, 6.45) is 3.46. The van der Waals surface area contributed by atoms with Crippen molar-refractivity contribution in [3.05, 3.63) is 34.7 Å². The molecule has 0 saturated carbocycles. The van der Waals surface area contributed by atoms with Gasteiger partial charge < -0.3 is 5.73 Å². The molecule has 0 aliphatic heterocycles. The van der Waals surface area contributed by atoms with Crippen LogP contribution in [-0.2, 0) is 0 Å². The van der Waals surface area contributed by atoms with Gasteiger partial charge in [-0.15, -0.1) is 0 Å². The number of hydrogen-bond donors (Lipinski definition) is 1. The molecule has 22 heavy (non-hydrogen) atoms. The number of fused-ring (bicyclic) bond motifs is 1. The minimum Gasteiger partial charge on any atom is -0.384 e. The summed E-state index contributed by atoms with van der Waals surface area (Å²) >= 11 is 1.42. The van der Waals surface area contributed by atoms with Crippen molar-refractivity contribution in [1.82, 2.24) is 24.3 Å². The predicted octanol–water partition coefficient (Wildman–Crippen LogP) is 1.86. The highest BCUT2D eigenvalue weighted by molar-refractivity contribution is 7.98. The van der Waals surface area contributed by atoms with Crippen molar-refractivity contribution in [1.29, 1.82) is 0 Å². The zero-order chi connectivity index (χ0) is 15.9. The summed E-state index contributed by atoms with van der Waals surface area (Å²) in [5, 5.41) is 1.07. The third kappa shape index (κ3) is 2.25. The number of nitrogens with zero attached hydrogens (tertiary/aromatic N) is 5. The molecule has 3 aromatic heterocycles. The molecule has 0 aromatic carbocycles. The normalized spacial score (nSPS) is 11.5. The fraction of sp³-hybridized carbons (Fsp3) is 0.286. The molecule has 8 heteroatoms. The second kappa shape index (κ2) is 5.45. The van der Waals surface area contributed by atoms with Crippen LogP contribution in [0.1, 0.15) is 19.9 Å². The number of anilines is 1. The lowest BCUT2D eigenvalue weighted by molar-refractivity contribution is 0.471. The van der Waals surface area contributed by atoms with Crippen LogP contribution in [0.2, 0.25) is 0 Å². The van der Waals surface area contributed by atoms with Gasteiger partial charge in [-0.1, -0.05) is 17.8 Å². The monoisotopic (exact) mass is 316 g/mol. The molecule has 0 radical (unpaired) electrons. The number of pyridine rings is 1. The summed E-state index contributed by atoms with van der Waals surface area (Å²) in [4.78, 5) is 25.6. The Morgan fingerprint density at radius 3 is 2.68 bits per heavy atom. The molecule has 0 bridgehead atoms. The van der Waals surface area contributed by atoms with Crippen LogP contribution in [0.3, 0.4) is 0 Å². The minimum absolute atomic E-state index is 0.0531. The van der Waals surface area contributed by atoms with E-state index < -0.39 is 0 Å². The number of nitrogens with two attached hydrogens (primary N) is 1. The molecule has 2 N–H and O–H groups in total. The molecule has 7 nitrogen and oxygen atoms in total. The smallest absolute Gasteiger partial charge is 0.278 e. The van der Waals surface area contributed by atoms with E-state index in [1.165, 1.54) is 11.8 Å². The van der Waals surface area contributed by atoms with Gasteiger partial charge in [-0.2, -0.15) is 0 Å². The van der Waals surface area contributed by atoms with Crippen LogP contribution >= 0.6 is 11.8 Å². The molecule has 0 aliphatic rings. The van der Waals surface area contributed by atoms with Crippen LogP contribution in [0.4, 0.5) is 5.82 Å². The van der Waals surface area contributed by atoms with Crippen LogP contribution < -0.4 is 11.3 Å². The van der Waals surface area contributed by atoms with E-state index in [2.05, 4.69) is 15.0 Å². The largest absolute Gasteiger partial charge is 0.384 e. The fourth-order valence-electron chi connectivity index (χ4n) is 2.33. The van der Waals surface area contributed by atoms with Crippen molar-refractivity contribution in [2.24, 2.45) is 0 Å². The Hall–Kier alpha value is -2.35. The molecule has 114 valence electrons. The number of aromatic nitrogens is 5. The highest BCUT2D eigenvalue weighted by Crippen LogP contribution is 2.19. The Morgan fingerprint density at radius 2 is 2.05 bits per heavy atom. The maximum absolute atomic E-state index is 12.6. The molecule has 0 atom stereocenters. The Balaban J connectivity index is 2.44. The summed E-state index contributed by atoms with van der Waals surface area (Å²) in [6, 6.07) is 5.25. The van der Waals surface area contributed by atoms with E-state index in [1.807, 2.05) is 20.1 Å². The summed E-state index contributed by atoms with van der Waals surface area (Å²) in [5.41, 5.74) is 6.18. The van der Waals surface area contributed by atoms with Gasteiger partial charge in [0.2, 0.25) is 0 Å². The summed E-state index contributed by atoms with van der Waals surface area (Å²) in [7, 11) is 0. The number of thioether (sulfide) groups is 1.